The van der Waals surface area contributed by atoms with Gasteiger partial charge in [0.1, 0.15) is 5.69 Å². The molecule has 2 fully saturated rings. The summed E-state index contributed by atoms with van der Waals surface area (Å²) in [5.74, 6) is 0.616. The number of aromatic nitrogens is 2. The standard InChI is InChI=1S/C14H20ClN3O/c15-12-8-16-18(9-10-4-3-5-10)14(19)13(12)17-11-6-1-2-7-11/h8,10-11,17H,1-7,9H2. The Labute approximate surface area is 118 Å². The predicted molar refractivity (Wildman–Crippen MR) is 76.7 cm³/mol. The third kappa shape index (κ3) is 2.78. The van der Waals surface area contributed by atoms with Crippen molar-refractivity contribution >= 4 is 17.3 Å². The van der Waals surface area contributed by atoms with Crippen LogP contribution in [0.15, 0.2) is 11.0 Å². The summed E-state index contributed by atoms with van der Waals surface area (Å²) in [6.07, 6.45) is 10.0. The Bertz CT molecular complexity index is 504. The van der Waals surface area contributed by atoms with Crippen LogP contribution in [0.25, 0.3) is 0 Å². The zero-order valence-electron chi connectivity index (χ0n) is 11.1. The summed E-state index contributed by atoms with van der Waals surface area (Å²) in [7, 11) is 0. The van der Waals surface area contributed by atoms with Crippen LogP contribution in [0.2, 0.25) is 5.02 Å². The van der Waals surface area contributed by atoms with Gasteiger partial charge in [-0.2, -0.15) is 5.10 Å². The Morgan fingerprint density at radius 1 is 1.26 bits per heavy atom. The van der Waals surface area contributed by atoms with Crippen LogP contribution in [-0.4, -0.2) is 15.8 Å². The molecule has 0 bridgehead atoms. The van der Waals surface area contributed by atoms with E-state index in [1.54, 1.807) is 10.9 Å². The van der Waals surface area contributed by atoms with Crippen molar-refractivity contribution in [3.63, 3.8) is 0 Å². The first kappa shape index (κ1) is 13.0. The van der Waals surface area contributed by atoms with E-state index in [0.29, 0.717) is 22.7 Å². The van der Waals surface area contributed by atoms with Crippen molar-refractivity contribution in [2.75, 3.05) is 5.32 Å². The Hall–Kier alpha value is -1.03. The lowest BCUT2D eigenvalue weighted by Gasteiger charge is -2.25. The van der Waals surface area contributed by atoms with Crippen molar-refractivity contribution in [3.05, 3.63) is 21.6 Å². The molecule has 104 valence electrons. The molecule has 1 heterocycles. The van der Waals surface area contributed by atoms with E-state index in [-0.39, 0.29) is 5.56 Å². The molecular weight excluding hydrogens is 262 g/mol. The van der Waals surface area contributed by atoms with Crippen LogP contribution in [-0.2, 0) is 6.54 Å². The van der Waals surface area contributed by atoms with E-state index in [9.17, 15) is 4.79 Å². The van der Waals surface area contributed by atoms with Crippen LogP contribution in [0, 0.1) is 5.92 Å². The van der Waals surface area contributed by atoms with Gasteiger partial charge in [0, 0.05) is 12.6 Å². The molecule has 0 aromatic carbocycles. The highest BCUT2D eigenvalue weighted by molar-refractivity contribution is 6.33. The van der Waals surface area contributed by atoms with Gasteiger partial charge < -0.3 is 5.32 Å². The van der Waals surface area contributed by atoms with Crippen LogP contribution < -0.4 is 10.9 Å². The molecular formula is C14H20ClN3O. The second kappa shape index (κ2) is 5.53. The smallest absolute Gasteiger partial charge is 0.291 e. The van der Waals surface area contributed by atoms with E-state index >= 15 is 0 Å². The minimum atomic E-state index is -0.0636. The topological polar surface area (TPSA) is 46.9 Å². The number of rotatable bonds is 4. The summed E-state index contributed by atoms with van der Waals surface area (Å²) in [6.45, 7) is 0.731. The molecule has 2 saturated carbocycles. The van der Waals surface area contributed by atoms with Crippen LogP contribution >= 0.6 is 11.6 Å². The highest BCUT2D eigenvalue weighted by atomic mass is 35.5. The molecule has 1 N–H and O–H groups in total. The molecule has 5 heteroatoms. The van der Waals surface area contributed by atoms with E-state index < -0.39 is 0 Å². The number of anilines is 1. The van der Waals surface area contributed by atoms with E-state index in [1.807, 2.05) is 0 Å². The molecule has 19 heavy (non-hydrogen) atoms. The zero-order valence-corrected chi connectivity index (χ0v) is 11.8. The first-order valence-electron chi connectivity index (χ1n) is 7.26. The molecule has 4 nitrogen and oxygen atoms in total. The van der Waals surface area contributed by atoms with Gasteiger partial charge in [-0.05, 0) is 31.6 Å². The third-order valence-corrected chi connectivity index (χ3v) is 4.64. The van der Waals surface area contributed by atoms with Crippen molar-refractivity contribution in [1.29, 1.82) is 0 Å². The molecule has 0 radical (unpaired) electrons. The van der Waals surface area contributed by atoms with Crippen molar-refractivity contribution in [3.8, 4) is 0 Å². The van der Waals surface area contributed by atoms with Crippen molar-refractivity contribution in [2.45, 2.75) is 57.5 Å². The van der Waals surface area contributed by atoms with Gasteiger partial charge in [-0.1, -0.05) is 30.9 Å². The fraction of sp³-hybridized carbons (Fsp3) is 0.714. The van der Waals surface area contributed by atoms with Gasteiger partial charge in [0.25, 0.3) is 5.56 Å². The molecule has 0 amide bonds. The minimum Gasteiger partial charge on any atom is -0.377 e. The second-order valence-electron chi connectivity index (χ2n) is 5.78. The lowest BCUT2D eigenvalue weighted by molar-refractivity contribution is 0.262. The van der Waals surface area contributed by atoms with Crippen molar-refractivity contribution < 1.29 is 0 Å². The molecule has 0 unspecified atom stereocenters. The summed E-state index contributed by atoms with van der Waals surface area (Å²) >= 11 is 6.13. The van der Waals surface area contributed by atoms with Crippen LogP contribution in [0.5, 0.6) is 0 Å². The van der Waals surface area contributed by atoms with E-state index in [4.69, 9.17) is 11.6 Å². The maximum absolute atomic E-state index is 12.4. The maximum Gasteiger partial charge on any atom is 0.291 e. The van der Waals surface area contributed by atoms with Gasteiger partial charge in [-0.3, -0.25) is 4.79 Å². The molecule has 0 spiro atoms. The summed E-state index contributed by atoms with van der Waals surface area (Å²) in [5.41, 5.74) is 0.481. The van der Waals surface area contributed by atoms with Gasteiger partial charge >= 0.3 is 0 Å². The van der Waals surface area contributed by atoms with Crippen LogP contribution in [0.4, 0.5) is 5.69 Å². The molecule has 2 aliphatic rings. The Balaban J connectivity index is 1.80. The van der Waals surface area contributed by atoms with E-state index in [0.717, 1.165) is 19.4 Å². The molecule has 0 atom stereocenters. The third-order valence-electron chi connectivity index (χ3n) is 4.36. The molecule has 3 rings (SSSR count). The summed E-state index contributed by atoms with van der Waals surface area (Å²) < 4.78 is 1.58. The van der Waals surface area contributed by atoms with Gasteiger partial charge in [-0.25, -0.2) is 4.68 Å². The zero-order chi connectivity index (χ0) is 13.2. The number of hydrogen-bond acceptors (Lipinski definition) is 3. The molecule has 1 aromatic heterocycles. The number of nitrogens with one attached hydrogen (secondary N) is 1. The SMILES string of the molecule is O=c1c(NC2CCCC2)c(Cl)cnn1CC1CCC1. The van der Waals surface area contributed by atoms with Gasteiger partial charge in [0.2, 0.25) is 0 Å². The fourth-order valence-electron chi connectivity index (χ4n) is 2.92. The van der Waals surface area contributed by atoms with E-state index in [1.165, 1.54) is 32.1 Å². The first-order valence-corrected chi connectivity index (χ1v) is 7.64. The van der Waals surface area contributed by atoms with Crippen LogP contribution in [0.1, 0.15) is 44.9 Å². The average Bonchev–Trinajstić information content (AvgIpc) is 2.84. The van der Waals surface area contributed by atoms with Gasteiger partial charge in [0.05, 0.1) is 11.2 Å². The quantitative estimate of drug-likeness (QED) is 0.923. The first-order chi connectivity index (χ1) is 9.24. The minimum absolute atomic E-state index is 0.0636. The van der Waals surface area contributed by atoms with Gasteiger partial charge in [0.15, 0.2) is 0 Å². The maximum atomic E-state index is 12.4. The number of nitrogens with zero attached hydrogens (tertiary/aromatic N) is 2. The molecule has 2 aliphatic carbocycles. The lowest BCUT2D eigenvalue weighted by atomic mass is 9.85. The van der Waals surface area contributed by atoms with Gasteiger partial charge in [-0.15, -0.1) is 0 Å². The molecule has 0 saturated heterocycles. The van der Waals surface area contributed by atoms with Crippen LogP contribution in [0.3, 0.4) is 0 Å². The van der Waals surface area contributed by atoms with E-state index in [2.05, 4.69) is 10.4 Å². The Kier molecular flexibility index (Phi) is 3.78. The highest BCUT2D eigenvalue weighted by Gasteiger charge is 2.22. The average molecular weight is 282 g/mol. The lowest BCUT2D eigenvalue weighted by Crippen LogP contribution is -2.32. The Morgan fingerprint density at radius 2 is 2.00 bits per heavy atom. The highest BCUT2D eigenvalue weighted by Crippen LogP contribution is 2.28. The normalized spacial score (nSPS) is 20.5. The Morgan fingerprint density at radius 3 is 2.63 bits per heavy atom. The molecule has 0 aliphatic heterocycles. The molecule has 1 aromatic rings. The number of hydrogen-bond donors (Lipinski definition) is 1. The summed E-state index contributed by atoms with van der Waals surface area (Å²) in [5, 5.41) is 7.93. The summed E-state index contributed by atoms with van der Waals surface area (Å²) in [6, 6.07) is 0.393. The monoisotopic (exact) mass is 281 g/mol. The van der Waals surface area contributed by atoms with Crippen molar-refractivity contribution in [1.82, 2.24) is 9.78 Å². The largest absolute Gasteiger partial charge is 0.377 e. The van der Waals surface area contributed by atoms with Crippen molar-refractivity contribution in [2.24, 2.45) is 5.92 Å². The predicted octanol–water partition coefficient (Wildman–Crippen LogP) is 3.05. The second-order valence-corrected chi connectivity index (χ2v) is 6.18. The summed E-state index contributed by atoms with van der Waals surface area (Å²) in [4.78, 5) is 12.4. The number of halogens is 1. The fourth-order valence-corrected chi connectivity index (χ4v) is 3.10.